The number of hydrogen-bond acceptors (Lipinski definition) is 3. The van der Waals surface area contributed by atoms with E-state index in [-0.39, 0.29) is 36.4 Å². The molecule has 0 aliphatic rings. The van der Waals surface area contributed by atoms with E-state index < -0.39 is 22.5 Å². The van der Waals surface area contributed by atoms with Crippen LogP contribution >= 0.6 is 46.4 Å². The first kappa shape index (κ1) is 23.7. The molecule has 5 nitrogen and oxygen atoms in total. The van der Waals surface area contributed by atoms with Crippen molar-refractivity contribution in [2.45, 2.75) is 11.8 Å². The molecule has 31 heavy (non-hydrogen) atoms. The normalized spacial score (nSPS) is 11.3. The number of carbonyl (C=O) groups excluding carboxylic acids is 1. The Bertz CT molecular complexity index is 1210. The number of benzene rings is 3. The maximum Gasteiger partial charge on any atom is 0.264 e. The minimum Gasteiger partial charge on any atom is -0.323 e. The fourth-order valence-corrected chi connectivity index (χ4v) is 5.02. The van der Waals surface area contributed by atoms with Gasteiger partial charge in [0.25, 0.3) is 10.0 Å². The van der Waals surface area contributed by atoms with Crippen LogP contribution < -0.4 is 9.62 Å². The first-order valence-electron chi connectivity index (χ1n) is 8.87. The predicted molar refractivity (Wildman–Crippen MR) is 127 cm³/mol. The van der Waals surface area contributed by atoms with Crippen LogP contribution in [0.5, 0.6) is 0 Å². The van der Waals surface area contributed by atoms with Crippen LogP contribution in [0.3, 0.4) is 0 Å². The quantitative estimate of drug-likeness (QED) is 0.409. The Morgan fingerprint density at radius 2 is 1.55 bits per heavy atom. The summed E-state index contributed by atoms with van der Waals surface area (Å²) in [6, 6.07) is 15.3. The van der Waals surface area contributed by atoms with Crippen molar-refractivity contribution in [2.75, 3.05) is 16.2 Å². The molecular weight excluding hydrogens is 502 g/mol. The van der Waals surface area contributed by atoms with Crippen molar-refractivity contribution in [3.8, 4) is 0 Å². The third-order valence-electron chi connectivity index (χ3n) is 4.26. The molecule has 162 valence electrons. The summed E-state index contributed by atoms with van der Waals surface area (Å²) in [6.07, 6.45) is 0. The second-order valence-corrected chi connectivity index (χ2v) is 10.1. The van der Waals surface area contributed by atoms with Crippen molar-refractivity contribution in [1.29, 1.82) is 0 Å². The molecule has 3 aromatic carbocycles. The molecule has 3 aromatic rings. The van der Waals surface area contributed by atoms with Crippen molar-refractivity contribution in [1.82, 2.24) is 0 Å². The summed E-state index contributed by atoms with van der Waals surface area (Å²) in [5.41, 5.74) is 1.30. The maximum absolute atomic E-state index is 13.4. The molecule has 0 saturated heterocycles. The number of nitrogens with one attached hydrogen (secondary N) is 1. The van der Waals surface area contributed by atoms with Gasteiger partial charge >= 0.3 is 0 Å². The summed E-state index contributed by atoms with van der Waals surface area (Å²) in [5, 5.41) is 3.44. The second kappa shape index (κ2) is 9.67. The van der Waals surface area contributed by atoms with Gasteiger partial charge in [0.1, 0.15) is 6.54 Å². The Balaban J connectivity index is 2.00. The van der Waals surface area contributed by atoms with E-state index in [1.165, 1.54) is 30.3 Å². The molecule has 0 heterocycles. The van der Waals surface area contributed by atoms with Gasteiger partial charge in [-0.25, -0.2) is 8.42 Å². The standard InChI is InChI=1S/C21H16Cl4N2O3S/c1-13-5-7-17(8-6-13)31(29,30)27(16-10-14(22)9-15(23)11-16)12-20(28)26-19-4-2-3-18(24)21(19)25/h2-11H,12H2,1H3,(H,26,28). The molecule has 0 unspecified atom stereocenters. The molecule has 1 N–H and O–H groups in total. The number of hydrogen-bond donors (Lipinski definition) is 1. The molecule has 0 aliphatic carbocycles. The van der Waals surface area contributed by atoms with Crippen LogP contribution in [0.15, 0.2) is 65.6 Å². The number of halogens is 4. The highest BCUT2D eigenvalue weighted by atomic mass is 35.5. The average molecular weight is 518 g/mol. The van der Waals surface area contributed by atoms with Crippen LogP contribution in [0.2, 0.25) is 20.1 Å². The van der Waals surface area contributed by atoms with Gasteiger partial charge in [0.2, 0.25) is 5.91 Å². The van der Waals surface area contributed by atoms with Crippen molar-refractivity contribution in [3.05, 3.63) is 86.3 Å². The third kappa shape index (κ3) is 5.64. The lowest BCUT2D eigenvalue weighted by molar-refractivity contribution is -0.114. The first-order valence-corrected chi connectivity index (χ1v) is 11.8. The number of rotatable bonds is 6. The zero-order valence-corrected chi connectivity index (χ0v) is 19.9. The smallest absolute Gasteiger partial charge is 0.264 e. The van der Waals surface area contributed by atoms with Gasteiger partial charge in [-0.3, -0.25) is 9.10 Å². The first-order chi connectivity index (χ1) is 14.6. The van der Waals surface area contributed by atoms with Gasteiger partial charge in [-0.1, -0.05) is 70.2 Å². The van der Waals surface area contributed by atoms with Crippen molar-refractivity contribution < 1.29 is 13.2 Å². The Labute approximate surface area is 200 Å². The van der Waals surface area contributed by atoms with E-state index in [4.69, 9.17) is 46.4 Å². The number of aryl methyl sites for hydroxylation is 1. The lowest BCUT2D eigenvalue weighted by Gasteiger charge is -2.24. The van der Waals surface area contributed by atoms with E-state index >= 15 is 0 Å². The van der Waals surface area contributed by atoms with Crippen LogP contribution in [0, 0.1) is 6.92 Å². The van der Waals surface area contributed by atoms with E-state index in [1.807, 2.05) is 6.92 Å². The van der Waals surface area contributed by atoms with E-state index in [2.05, 4.69) is 5.32 Å². The van der Waals surface area contributed by atoms with Gasteiger partial charge in [0.05, 0.1) is 26.3 Å². The van der Waals surface area contributed by atoms with Crippen molar-refractivity contribution in [3.63, 3.8) is 0 Å². The van der Waals surface area contributed by atoms with Gasteiger partial charge in [0.15, 0.2) is 0 Å². The number of nitrogens with zero attached hydrogens (tertiary/aromatic N) is 1. The molecule has 10 heteroatoms. The number of amides is 1. The lowest BCUT2D eigenvalue weighted by Crippen LogP contribution is -2.38. The Morgan fingerprint density at radius 3 is 2.16 bits per heavy atom. The zero-order chi connectivity index (χ0) is 22.8. The van der Waals surface area contributed by atoms with Gasteiger partial charge in [-0.15, -0.1) is 0 Å². The summed E-state index contributed by atoms with van der Waals surface area (Å²) >= 11 is 24.3. The number of carbonyl (C=O) groups is 1. The topological polar surface area (TPSA) is 66.5 Å². The van der Waals surface area contributed by atoms with E-state index in [9.17, 15) is 13.2 Å². The van der Waals surface area contributed by atoms with E-state index in [0.717, 1.165) is 9.87 Å². The Hall–Kier alpha value is -1.96. The molecule has 0 saturated carbocycles. The lowest BCUT2D eigenvalue weighted by atomic mass is 10.2. The molecule has 1 amide bonds. The molecular formula is C21H16Cl4N2O3S. The highest BCUT2D eigenvalue weighted by molar-refractivity contribution is 7.92. The summed E-state index contributed by atoms with van der Waals surface area (Å²) in [5.74, 6) is -0.629. The highest BCUT2D eigenvalue weighted by Gasteiger charge is 2.28. The highest BCUT2D eigenvalue weighted by Crippen LogP contribution is 2.31. The molecule has 0 radical (unpaired) electrons. The van der Waals surface area contributed by atoms with Crippen molar-refractivity contribution >= 4 is 73.7 Å². The zero-order valence-electron chi connectivity index (χ0n) is 16.1. The summed E-state index contributed by atoms with van der Waals surface area (Å²) in [7, 11) is -4.11. The van der Waals surface area contributed by atoms with Crippen LogP contribution in [0.25, 0.3) is 0 Å². The maximum atomic E-state index is 13.4. The average Bonchev–Trinajstić information content (AvgIpc) is 2.69. The molecule has 0 spiro atoms. The SMILES string of the molecule is Cc1ccc(S(=O)(=O)N(CC(=O)Nc2cccc(Cl)c2Cl)c2cc(Cl)cc(Cl)c2)cc1. The minimum atomic E-state index is -4.11. The molecule has 0 aliphatic heterocycles. The van der Waals surface area contributed by atoms with E-state index in [1.54, 1.807) is 30.3 Å². The molecule has 0 atom stereocenters. The Kier molecular flexibility index (Phi) is 7.39. The number of sulfonamides is 1. The summed E-state index contributed by atoms with van der Waals surface area (Å²) < 4.78 is 27.7. The van der Waals surface area contributed by atoms with Gasteiger partial charge in [0, 0.05) is 10.0 Å². The monoisotopic (exact) mass is 516 g/mol. The Morgan fingerprint density at radius 1 is 0.935 bits per heavy atom. The summed E-state index contributed by atoms with van der Waals surface area (Å²) in [6.45, 7) is 1.29. The predicted octanol–water partition coefficient (Wildman–Crippen LogP) is 6.44. The molecule has 3 rings (SSSR count). The van der Waals surface area contributed by atoms with Crippen LogP contribution in [-0.2, 0) is 14.8 Å². The molecule has 0 bridgehead atoms. The fourth-order valence-electron chi connectivity index (χ4n) is 2.76. The van der Waals surface area contributed by atoms with Gasteiger partial charge in [-0.05, 0) is 49.4 Å². The number of anilines is 2. The van der Waals surface area contributed by atoms with Gasteiger partial charge < -0.3 is 5.32 Å². The minimum absolute atomic E-state index is 0.0165. The molecule has 0 fully saturated rings. The fraction of sp³-hybridized carbons (Fsp3) is 0.0952. The van der Waals surface area contributed by atoms with Crippen LogP contribution in [0.1, 0.15) is 5.56 Å². The summed E-state index contributed by atoms with van der Waals surface area (Å²) in [4.78, 5) is 12.8. The third-order valence-corrected chi connectivity index (χ3v) is 7.30. The molecule has 0 aromatic heterocycles. The van der Waals surface area contributed by atoms with E-state index in [0.29, 0.717) is 0 Å². The largest absolute Gasteiger partial charge is 0.323 e. The van der Waals surface area contributed by atoms with Crippen molar-refractivity contribution in [2.24, 2.45) is 0 Å². The van der Waals surface area contributed by atoms with Crippen LogP contribution in [-0.4, -0.2) is 20.9 Å². The second-order valence-electron chi connectivity index (χ2n) is 6.60. The van der Waals surface area contributed by atoms with Crippen LogP contribution in [0.4, 0.5) is 11.4 Å². The van der Waals surface area contributed by atoms with Gasteiger partial charge in [-0.2, -0.15) is 0 Å².